The minimum atomic E-state index is -4.43. The topological polar surface area (TPSA) is 109 Å². The van der Waals surface area contributed by atoms with Gasteiger partial charge in [-0.25, -0.2) is 4.79 Å². The Morgan fingerprint density at radius 1 is 0.863 bits per heavy atom. The van der Waals surface area contributed by atoms with Crippen molar-refractivity contribution in [1.29, 1.82) is 0 Å². The smallest absolute Gasteiger partial charge is 0.416 e. The molecule has 4 aromatic rings. The number of carbonyl (C=O) groups excluding carboxylic acids is 2. The lowest BCUT2D eigenvalue weighted by Gasteiger charge is -2.32. The molecule has 3 aromatic carbocycles. The van der Waals surface area contributed by atoms with Crippen molar-refractivity contribution in [1.82, 2.24) is 20.2 Å². The van der Waals surface area contributed by atoms with E-state index in [1.54, 1.807) is 29.2 Å². The van der Waals surface area contributed by atoms with Gasteiger partial charge in [-0.2, -0.15) is 23.1 Å². The molecule has 1 aliphatic rings. The number of anilines is 2. The molecule has 0 spiro atoms. The number of nitrogens with one attached hydrogen (secondary N) is 2. The molecule has 0 atom stereocenters. The number of alkyl halides is 3. The highest BCUT2D eigenvalue weighted by molar-refractivity contribution is 6.03. The quantitative estimate of drug-likeness (QED) is 0.130. The van der Waals surface area contributed by atoms with E-state index in [4.69, 9.17) is 9.47 Å². The number of likely N-dealkylation sites (tertiary alicyclic amines) is 1. The maximum Gasteiger partial charge on any atom is 0.416 e. The predicted molar refractivity (Wildman–Crippen MR) is 190 cm³/mol. The Morgan fingerprint density at radius 2 is 1.49 bits per heavy atom. The summed E-state index contributed by atoms with van der Waals surface area (Å²) in [6.07, 6.45) is -0.0489. The molecule has 0 saturated carbocycles. The summed E-state index contributed by atoms with van der Waals surface area (Å²) in [7, 11) is 0. The minimum Gasteiger partial charge on any atom is -0.476 e. The summed E-state index contributed by atoms with van der Waals surface area (Å²) in [5, 5.41) is 6.09. The van der Waals surface area contributed by atoms with Gasteiger partial charge in [0.25, 0.3) is 5.91 Å². The Morgan fingerprint density at radius 3 is 2.12 bits per heavy atom. The third-order valence-electron chi connectivity index (χ3n) is 8.58. The molecule has 1 aromatic heterocycles. The molecule has 51 heavy (non-hydrogen) atoms. The molecule has 1 aliphatic heterocycles. The van der Waals surface area contributed by atoms with Crippen LogP contribution >= 0.6 is 0 Å². The number of benzene rings is 3. The lowest BCUT2D eigenvalue weighted by atomic mass is 9.97. The molecule has 1 fully saturated rings. The zero-order valence-corrected chi connectivity index (χ0v) is 28.8. The van der Waals surface area contributed by atoms with Crippen LogP contribution in [0, 0.1) is 0 Å². The zero-order valence-electron chi connectivity index (χ0n) is 28.8. The summed E-state index contributed by atoms with van der Waals surface area (Å²) < 4.78 is 50.8. The fraction of sp³-hybridized carbons (Fsp3) is 0.368. The predicted octanol–water partition coefficient (Wildman–Crippen LogP) is 7.67. The van der Waals surface area contributed by atoms with Gasteiger partial charge in [0.2, 0.25) is 11.8 Å². The molecule has 5 rings (SSSR count). The molecule has 2 heterocycles. The molecule has 0 unspecified atom stereocenters. The summed E-state index contributed by atoms with van der Waals surface area (Å²) in [4.78, 5) is 39.5. The van der Waals surface area contributed by atoms with Gasteiger partial charge in [-0.1, -0.05) is 48.5 Å². The zero-order chi connectivity index (χ0) is 36.2. The van der Waals surface area contributed by atoms with E-state index in [0.717, 1.165) is 51.0 Å². The second kappa shape index (κ2) is 17.7. The van der Waals surface area contributed by atoms with Crippen molar-refractivity contribution in [3.63, 3.8) is 0 Å². The van der Waals surface area contributed by atoms with Gasteiger partial charge in [0, 0.05) is 36.9 Å². The summed E-state index contributed by atoms with van der Waals surface area (Å²) >= 11 is 0. The number of amides is 3. The van der Waals surface area contributed by atoms with Crippen molar-refractivity contribution in [3.05, 3.63) is 96.3 Å². The first kappa shape index (κ1) is 37.1. The molecular weight excluding hydrogens is 661 g/mol. The number of carbonyl (C=O) groups is 2. The van der Waals surface area contributed by atoms with Crippen LogP contribution in [0.5, 0.6) is 11.8 Å². The largest absolute Gasteiger partial charge is 0.476 e. The second-order valence-electron chi connectivity index (χ2n) is 12.1. The standard InChI is InChI=1S/C38H43F3N6O4/c1-3-50-35-33(36(51-4-2)43-26-42-35)47(37(49)45-29-12-6-5-7-13-29)23-11-10-22-46-24-20-30(21-25-46)44-34(48)32-15-9-8-14-31(32)27-16-18-28(19-17-27)38(39,40)41/h5-9,12-19,26,30H,3-4,10-11,20-25H2,1-2H3,(H,44,48)(H,45,49). The van der Waals surface area contributed by atoms with E-state index in [-0.39, 0.29) is 29.7 Å². The third-order valence-corrected chi connectivity index (χ3v) is 8.58. The van der Waals surface area contributed by atoms with Gasteiger partial charge in [-0.05, 0) is 87.5 Å². The number of para-hydroxylation sites is 1. The summed E-state index contributed by atoms with van der Waals surface area (Å²) in [6, 6.07) is 20.6. The molecule has 0 radical (unpaired) electrons. The van der Waals surface area contributed by atoms with E-state index in [2.05, 4.69) is 25.5 Å². The number of nitrogens with zero attached hydrogens (tertiary/aromatic N) is 4. The number of hydrogen-bond donors (Lipinski definition) is 2. The van der Waals surface area contributed by atoms with Gasteiger partial charge in [-0.15, -0.1) is 0 Å². The van der Waals surface area contributed by atoms with Crippen LogP contribution in [0.1, 0.15) is 55.5 Å². The maximum absolute atomic E-state index is 13.7. The number of hydrogen-bond acceptors (Lipinski definition) is 7. The number of ether oxygens (including phenoxy) is 2. The van der Waals surface area contributed by atoms with E-state index in [1.165, 1.54) is 18.5 Å². The minimum absolute atomic E-state index is 0.0290. The van der Waals surface area contributed by atoms with Crippen molar-refractivity contribution in [2.75, 3.05) is 49.6 Å². The number of aromatic nitrogens is 2. The summed E-state index contributed by atoms with van der Waals surface area (Å²) in [6.45, 7) is 7.16. The van der Waals surface area contributed by atoms with Crippen LogP contribution in [0.4, 0.5) is 29.3 Å². The van der Waals surface area contributed by atoms with E-state index < -0.39 is 11.7 Å². The van der Waals surface area contributed by atoms with Crippen LogP contribution in [0.3, 0.4) is 0 Å². The first-order valence-corrected chi connectivity index (χ1v) is 17.2. The van der Waals surface area contributed by atoms with Gasteiger partial charge >= 0.3 is 12.2 Å². The molecule has 10 nitrogen and oxygen atoms in total. The Kier molecular flexibility index (Phi) is 12.8. The number of rotatable bonds is 14. The Labute approximate surface area is 296 Å². The normalized spacial score (nSPS) is 13.7. The Hall–Kier alpha value is -5.17. The fourth-order valence-corrected chi connectivity index (χ4v) is 6.03. The highest BCUT2D eigenvalue weighted by Crippen LogP contribution is 2.36. The van der Waals surface area contributed by atoms with Crippen LogP contribution in [0.2, 0.25) is 0 Å². The number of unbranched alkanes of at least 4 members (excludes halogenated alkanes) is 1. The van der Waals surface area contributed by atoms with Crippen LogP contribution in [-0.2, 0) is 6.18 Å². The van der Waals surface area contributed by atoms with Gasteiger partial charge < -0.3 is 25.0 Å². The Bertz CT molecular complexity index is 1710. The monoisotopic (exact) mass is 704 g/mol. The molecule has 2 N–H and O–H groups in total. The SMILES string of the molecule is CCOc1ncnc(OCC)c1N(CCCCN1CCC(NC(=O)c2ccccc2-c2ccc(C(F)(F)F)cc2)CC1)C(=O)Nc1ccccc1. The first-order chi connectivity index (χ1) is 24.7. The molecule has 13 heteroatoms. The first-order valence-electron chi connectivity index (χ1n) is 17.2. The molecule has 0 aliphatic carbocycles. The van der Waals surface area contributed by atoms with E-state index in [1.807, 2.05) is 44.2 Å². The van der Waals surface area contributed by atoms with Crippen molar-refractivity contribution in [2.24, 2.45) is 0 Å². The van der Waals surface area contributed by atoms with Gasteiger partial charge in [-0.3, -0.25) is 9.69 Å². The number of piperidine rings is 1. The molecule has 3 amide bonds. The van der Waals surface area contributed by atoms with Crippen LogP contribution in [0.15, 0.2) is 85.2 Å². The third kappa shape index (κ3) is 9.97. The van der Waals surface area contributed by atoms with Gasteiger partial charge in [0.1, 0.15) is 6.33 Å². The molecule has 0 bridgehead atoms. The molecular formula is C38H43F3N6O4. The summed E-state index contributed by atoms with van der Waals surface area (Å²) in [5.41, 5.74) is 1.84. The molecule has 1 saturated heterocycles. The number of urea groups is 1. The number of halogens is 3. The second-order valence-corrected chi connectivity index (χ2v) is 12.1. The lowest BCUT2D eigenvalue weighted by molar-refractivity contribution is -0.137. The van der Waals surface area contributed by atoms with Gasteiger partial charge in [0.05, 0.1) is 18.8 Å². The van der Waals surface area contributed by atoms with Crippen LogP contribution in [0.25, 0.3) is 11.1 Å². The summed E-state index contributed by atoms with van der Waals surface area (Å²) in [5.74, 6) is 0.288. The highest BCUT2D eigenvalue weighted by Gasteiger charge is 2.30. The average Bonchev–Trinajstić information content (AvgIpc) is 3.13. The Balaban J connectivity index is 1.16. The lowest BCUT2D eigenvalue weighted by Crippen LogP contribution is -2.45. The average molecular weight is 705 g/mol. The highest BCUT2D eigenvalue weighted by atomic mass is 19.4. The van der Waals surface area contributed by atoms with Gasteiger partial charge in [0.15, 0.2) is 5.69 Å². The van der Waals surface area contributed by atoms with Crippen LogP contribution < -0.4 is 25.0 Å². The van der Waals surface area contributed by atoms with Crippen molar-refractivity contribution < 1.29 is 32.2 Å². The van der Waals surface area contributed by atoms with E-state index >= 15 is 0 Å². The van der Waals surface area contributed by atoms with Crippen molar-refractivity contribution in [2.45, 2.75) is 51.7 Å². The van der Waals surface area contributed by atoms with Crippen molar-refractivity contribution in [3.8, 4) is 22.9 Å². The van der Waals surface area contributed by atoms with Crippen LogP contribution in [-0.4, -0.2) is 72.2 Å². The fourth-order valence-electron chi connectivity index (χ4n) is 6.03. The van der Waals surface area contributed by atoms with E-state index in [9.17, 15) is 22.8 Å². The van der Waals surface area contributed by atoms with E-state index in [0.29, 0.717) is 54.2 Å². The van der Waals surface area contributed by atoms with Crippen molar-refractivity contribution >= 4 is 23.3 Å². The molecule has 270 valence electrons. The maximum atomic E-state index is 13.7.